The van der Waals surface area contributed by atoms with Gasteiger partial charge in [-0.1, -0.05) is 12.1 Å². The monoisotopic (exact) mass is 373 g/mol. The summed E-state index contributed by atoms with van der Waals surface area (Å²) in [6.07, 6.45) is 2.09. The van der Waals surface area contributed by atoms with Gasteiger partial charge in [0.1, 0.15) is 0 Å². The summed E-state index contributed by atoms with van der Waals surface area (Å²) < 4.78 is 39.9. The van der Waals surface area contributed by atoms with Gasteiger partial charge in [0.2, 0.25) is 0 Å². The van der Waals surface area contributed by atoms with Gasteiger partial charge in [0.15, 0.2) is 5.82 Å². The molecule has 1 aromatic carbocycles. The van der Waals surface area contributed by atoms with Crippen LogP contribution in [0.25, 0.3) is 11.4 Å². The van der Waals surface area contributed by atoms with Gasteiger partial charge < -0.3 is 0 Å². The van der Waals surface area contributed by atoms with Gasteiger partial charge in [0.25, 0.3) is 0 Å². The maximum absolute atomic E-state index is 12.7. The summed E-state index contributed by atoms with van der Waals surface area (Å²) in [5.41, 5.74) is 3.09. The topological polar surface area (TPSA) is 46.8 Å². The first-order valence-electron chi connectivity index (χ1n) is 8.61. The SMILES string of the molecule is Cn1cc(CN2CCc3nc(-c4ccc(C(F)(F)F)cc4)ncc3C2)cn1. The second kappa shape index (κ2) is 6.77. The quantitative estimate of drug-likeness (QED) is 0.706. The van der Waals surface area contributed by atoms with E-state index in [9.17, 15) is 13.2 Å². The summed E-state index contributed by atoms with van der Waals surface area (Å²) in [6.45, 7) is 2.43. The van der Waals surface area contributed by atoms with Crippen LogP contribution in [0.15, 0.2) is 42.9 Å². The zero-order valence-corrected chi connectivity index (χ0v) is 14.7. The Hall–Kier alpha value is -2.74. The first-order valence-corrected chi connectivity index (χ1v) is 8.61. The number of hydrogen-bond acceptors (Lipinski definition) is 4. The van der Waals surface area contributed by atoms with Crippen LogP contribution in [0.4, 0.5) is 13.2 Å². The lowest BCUT2D eigenvalue weighted by Crippen LogP contribution is -2.30. The Morgan fingerprint density at radius 1 is 1.11 bits per heavy atom. The summed E-state index contributed by atoms with van der Waals surface area (Å²) in [4.78, 5) is 11.3. The molecule has 27 heavy (non-hydrogen) atoms. The Bertz CT molecular complexity index is 947. The molecule has 0 amide bonds. The van der Waals surface area contributed by atoms with Crippen molar-refractivity contribution in [1.82, 2.24) is 24.6 Å². The molecule has 3 heterocycles. The zero-order chi connectivity index (χ0) is 19.0. The molecule has 0 radical (unpaired) electrons. The molecule has 0 saturated carbocycles. The van der Waals surface area contributed by atoms with E-state index in [1.807, 2.05) is 19.4 Å². The average Bonchev–Trinajstić information content (AvgIpc) is 3.05. The highest BCUT2D eigenvalue weighted by Gasteiger charge is 2.30. The van der Waals surface area contributed by atoms with Gasteiger partial charge in [-0.3, -0.25) is 9.58 Å². The number of rotatable bonds is 3. The fraction of sp³-hybridized carbons (Fsp3) is 0.316. The molecule has 140 valence electrons. The van der Waals surface area contributed by atoms with E-state index >= 15 is 0 Å². The van der Waals surface area contributed by atoms with Gasteiger partial charge in [-0.2, -0.15) is 18.3 Å². The number of alkyl halides is 3. The van der Waals surface area contributed by atoms with Gasteiger partial charge in [-0.25, -0.2) is 9.97 Å². The maximum Gasteiger partial charge on any atom is 0.416 e. The van der Waals surface area contributed by atoms with Crippen molar-refractivity contribution in [2.75, 3.05) is 6.54 Å². The second-order valence-electron chi connectivity index (χ2n) is 6.72. The lowest BCUT2D eigenvalue weighted by Gasteiger charge is -2.27. The highest BCUT2D eigenvalue weighted by atomic mass is 19.4. The molecule has 0 N–H and O–H groups in total. The Kier molecular flexibility index (Phi) is 4.43. The summed E-state index contributed by atoms with van der Waals surface area (Å²) in [5, 5.41) is 4.19. The fourth-order valence-corrected chi connectivity index (χ4v) is 3.27. The summed E-state index contributed by atoms with van der Waals surface area (Å²) in [7, 11) is 1.89. The number of nitrogens with zero attached hydrogens (tertiary/aromatic N) is 5. The molecule has 0 atom stereocenters. The van der Waals surface area contributed by atoms with Gasteiger partial charge in [-0.05, 0) is 12.1 Å². The van der Waals surface area contributed by atoms with E-state index in [0.29, 0.717) is 11.4 Å². The smallest absolute Gasteiger partial charge is 0.294 e. The maximum atomic E-state index is 12.7. The third kappa shape index (κ3) is 3.85. The third-order valence-electron chi connectivity index (χ3n) is 4.65. The Morgan fingerprint density at radius 2 is 1.89 bits per heavy atom. The first kappa shape index (κ1) is 17.7. The molecular weight excluding hydrogens is 355 g/mol. The normalized spacial score (nSPS) is 15.0. The first-order chi connectivity index (χ1) is 12.9. The molecule has 0 spiro atoms. The predicted octanol–water partition coefficient (Wildman–Crippen LogP) is 3.45. The molecule has 4 rings (SSSR count). The van der Waals surface area contributed by atoms with Crippen molar-refractivity contribution < 1.29 is 13.2 Å². The van der Waals surface area contributed by atoms with Gasteiger partial charge in [-0.15, -0.1) is 0 Å². The van der Waals surface area contributed by atoms with Crippen molar-refractivity contribution in [2.45, 2.75) is 25.7 Å². The predicted molar refractivity (Wildman–Crippen MR) is 93.5 cm³/mol. The minimum Gasteiger partial charge on any atom is -0.294 e. The minimum absolute atomic E-state index is 0.461. The van der Waals surface area contributed by atoms with E-state index in [4.69, 9.17) is 0 Å². The van der Waals surface area contributed by atoms with E-state index in [1.165, 1.54) is 12.1 Å². The number of benzene rings is 1. The Balaban J connectivity index is 1.50. The van der Waals surface area contributed by atoms with E-state index in [0.717, 1.165) is 55.0 Å². The molecule has 0 saturated heterocycles. The molecule has 3 aromatic rings. The second-order valence-corrected chi connectivity index (χ2v) is 6.72. The average molecular weight is 373 g/mol. The largest absolute Gasteiger partial charge is 0.416 e. The molecule has 0 fully saturated rings. The Morgan fingerprint density at radius 3 is 2.56 bits per heavy atom. The van der Waals surface area contributed by atoms with E-state index in [1.54, 1.807) is 10.9 Å². The van der Waals surface area contributed by atoms with Crippen LogP contribution in [-0.4, -0.2) is 31.2 Å². The summed E-state index contributed by atoms with van der Waals surface area (Å²) >= 11 is 0. The fourth-order valence-electron chi connectivity index (χ4n) is 3.27. The van der Waals surface area contributed by atoms with Crippen molar-refractivity contribution >= 4 is 0 Å². The lowest BCUT2D eigenvalue weighted by molar-refractivity contribution is -0.137. The number of halogens is 3. The molecule has 5 nitrogen and oxygen atoms in total. The van der Waals surface area contributed by atoms with E-state index in [2.05, 4.69) is 20.0 Å². The molecule has 0 bridgehead atoms. The van der Waals surface area contributed by atoms with Crippen LogP contribution in [-0.2, 0) is 32.7 Å². The molecule has 0 aliphatic carbocycles. The standard InChI is InChI=1S/C19H18F3N5/c1-26-10-13(8-24-26)11-27-7-6-17-15(12-27)9-23-18(25-17)14-2-4-16(5-3-14)19(20,21)22/h2-5,8-10H,6-7,11-12H2,1H3. The lowest BCUT2D eigenvalue weighted by atomic mass is 10.1. The van der Waals surface area contributed by atoms with E-state index in [-0.39, 0.29) is 0 Å². The van der Waals surface area contributed by atoms with Crippen molar-refractivity contribution in [3.05, 3.63) is 65.2 Å². The number of aromatic nitrogens is 4. The van der Waals surface area contributed by atoms with Crippen LogP contribution in [0.3, 0.4) is 0 Å². The Labute approximate surface area is 154 Å². The van der Waals surface area contributed by atoms with Crippen molar-refractivity contribution in [3.63, 3.8) is 0 Å². The van der Waals surface area contributed by atoms with Gasteiger partial charge >= 0.3 is 6.18 Å². The minimum atomic E-state index is -4.34. The summed E-state index contributed by atoms with van der Waals surface area (Å²) in [5.74, 6) is 0.461. The highest BCUT2D eigenvalue weighted by molar-refractivity contribution is 5.56. The molecule has 0 unspecified atom stereocenters. The van der Waals surface area contributed by atoms with Gasteiger partial charge in [0.05, 0.1) is 17.5 Å². The van der Waals surface area contributed by atoms with Crippen LogP contribution in [0.1, 0.15) is 22.4 Å². The highest BCUT2D eigenvalue weighted by Crippen LogP contribution is 2.30. The zero-order valence-electron chi connectivity index (χ0n) is 14.7. The van der Waals surface area contributed by atoms with Crippen LogP contribution >= 0.6 is 0 Å². The molecule has 8 heteroatoms. The summed E-state index contributed by atoms with van der Waals surface area (Å²) in [6, 6.07) is 4.96. The molecule has 1 aliphatic heterocycles. The molecular formula is C19H18F3N5. The molecule has 1 aliphatic rings. The van der Waals surface area contributed by atoms with Crippen molar-refractivity contribution in [1.29, 1.82) is 0 Å². The third-order valence-corrected chi connectivity index (χ3v) is 4.65. The van der Waals surface area contributed by atoms with Crippen LogP contribution in [0, 0.1) is 0 Å². The van der Waals surface area contributed by atoms with Gasteiger partial charge in [0, 0.05) is 62.2 Å². The van der Waals surface area contributed by atoms with Crippen LogP contribution in [0.5, 0.6) is 0 Å². The van der Waals surface area contributed by atoms with Crippen molar-refractivity contribution in [3.8, 4) is 11.4 Å². The molecule has 2 aromatic heterocycles. The number of aryl methyl sites for hydroxylation is 1. The van der Waals surface area contributed by atoms with Crippen LogP contribution < -0.4 is 0 Å². The van der Waals surface area contributed by atoms with E-state index < -0.39 is 11.7 Å². The van der Waals surface area contributed by atoms with Crippen molar-refractivity contribution in [2.24, 2.45) is 7.05 Å². The van der Waals surface area contributed by atoms with Crippen LogP contribution in [0.2, 0.25) is 0 Å². The number of hydrogen-bond donors (Lipinski definition) is 0. The number of fused-ring (bicyclic) bond motifs is 1.